The lowest BCUT2D eigenvalue weighted by Gasteiger charge is -2.33. The third-order valence-electron chi connectivity index (χ3n) is 4.52. The lowest BCUT2D eigenvalue weighted by Crippen LogP contribution is -2.41. The Balaban J connectivity index is 1.93. The second kappa shape index (κ2) is 9.03. The molecular formula is C17H29N3O3. The zero-order valence-corrected chi connectivity index (χ0v) is 14.6. The highest BCUT2D eigenvalue weighted by Crippen LogP contribution is 2.21. The topological polar surface area (TPSA) is 56.6 Å². The monoisotopic (exact) mass is 323 g/mol. The van der Waals surface area contributed by atoms with E-state index in [1.807, 2.05) is 11.1 Å². The van der Waals surface area contributed by atoms with E-state index < -0.39 is 0 Å². The third-order valence-corrected chi connectivity index (χ3v) is 4.52. The Morgan fingerprint density at radius 1 is 1.35 bits per heavy atom. The summed E-state index contributed by atoms with van der Waals surface area (Å²) in [5.41, 5.74) is 1.17. The molecule has 1 aromatic heterocycles. The van der Waals surface area contributed by atoms with Crippen LogP contribution >= 0.6 is 0 Å². The fraction of sp³-hybridized carbons (Fsp3) is 0.765. The molecule has 6 heteroatoms. The van der Waals surface area contributed by atoms with Crippen LogP contribution in [0.2, 0.25) is 0 Å². The first-order chi connectivity index (χ1) is 11.2. The fourth-order valence-corrected chi connectivity index (χ4v) is 3.23. The molecular weight excluding hydrogens is 294 g/mol. The van der Waals surface area contributed by atoms with Crippen molar-refractivity contribution >= 4 is 5.91 Å². The summed E-state index contributed by atoms with van der Waals surface area (Å²) in [6, 6.07) is 0. The number of carbonyl (C=O) groups excluding carboxylic acids is 1. The molecule has 0 bridgehead atoms. The normalized spacial score (nSPS) is 18.4. The summed E-state index contributed by atoms with van der Waals surface area (Å²) in [7, 11) is 3.35. The fourth-order valence-electron chi connectivity index (χ4n) is 3.23. The van der Waals surface area contributed by atoms with Crippen molar-refractivity contribution in [3.05, 3.63) is 17.7 Å². The van der Waals surface area contributed by atoms with Crippen LogP contribution in [0.5, 0.6) is 0 Å². The second-order valence-corrected chi connectivity index (χ2v) is 6.26. The van der Waals surface area contributed by atoms with E-state index in [0.29, 0.717) is 25.6 Å². The van der Waals surface area contributed by atoms with Gasteiger partial charge in [0, 0.05) is 52.2 Å². The minimum atomic E-state index is 0.204. The van der Waals surface area contributed by atoms with E-state index in [9.17, 15) is 4.79 Å². The molecule has 1 saturated heterocycles. The maximum atomic E-state index is 12.2. The maximum Gasteiger partial charge on any atom is 0.224 e. The van der Waals surface area contributed by atoms with Gasteiger partial charge in [0.1, 0.15) is 5.82 Å². The zero-order valence-electron chi connectivity index (χ0n) is 14.6. The van der Waals surface area contributed by atoms with Gasteiger partial charge < -0.3 is 18.9 Å². The highest BCUT2D eigenvalue weighted by Gasteiger charge is 2.25. The molecule has 0 saturated carbocycles. The maximum absolute atomic E-state index is 12.2. The molecule has 0 N–H and O–H groups in total. The molecule has 0 spiro atoms. The molecule has 0 radical (unpaired) electrons. The van der Waals surface area contributed by atoms with E-state index >= 15 is 0 Å². The van der Waals surface area contributed by atoms with Crippen LogP contribution < -0.4 is 0 Å². The lowest BCUT2D eigenvalue weighted by molar-refractivity contribution is -0.133. The van der Waals surface area contributed by atoms with Gasteiger partial charge >= 0.3 is 0 Å². The van der Waals surface area contributed by atoms with Gasteiger partial charge in [0.2, 0.25) is 5.91 Å². The second-order valence-electron chi connectivity index (χ2n) is 6.26. The van der Waals surface area contributed by atoms with E-state index in [1.165, 1.54) is 5.69 Å². The van der Waals surface area contributed by atoms with Crippen LogP contribution in [-0.4, -0.2) is 60.9 Å². The number of nitrogens with zero attached hydrogens (tertiary/aromatic N) is 3. The van der Waals surface area contributed by atoms with Crippen molar-refractivity contribution in [2.75, 3.05) is 40.5 Å². The number of rotatable bonds is 8. The molecule has 1 fully saturated rings. The number of imidazole rings is 1. The summed E-state index contributed by atoms with van der Waals surface area (Å²) in [6.07, 6.45) is 5.55. The van der Waals surface area contributed by atoms with Crippen LogP contribution in [0.15, 0.2) is 6.20 Å². The van der Waals surface area contributed by atoms with E-state index in [4.69, 9.17) is 9.47 Å². The van der Waals surface area contributed by atoms with E-state index in [2.05, 4.69) is 16.5 Å². The van der Waals surface area contributed by atoms with Gasteiger partial charge in [-0.2, -0.15) is 0 Å². The van der Waals surface area contributed by atoms with Crippen LogP contribution in [0, 0.1) is 12.8 Å². The number of aryl methyl sites for hydroxylation is 1. The van der Waals surface area contributed by atoms with Crippen molar-refractivity contribution in [2.45, 2.75) is 39.2 Å². The largest absolute Gasteiger partial charge is 0.384 e. The molecule has 1 unspecified atom stereocenters. The number of amides is 1. The van der Waals surface area contributed by atoms with Gasteiger partial charge in [-0.25, -0.2) is 4.98 Å². The Labute approximate surface area is 138 Å². The molecule has 23 heavy (non-hydrogen) atoms. The molecule has 1 aromatic rings. The Morgan fingerprint density at radius 2 is 2.13 bits per heavy atom. The number of piperidine rings is 1. The molecule has 1 aliphatic rings. The Kier molecular flexibility index (Phi) is 7.05. The Hall–Kier alpha value is -1.40. The van der Waals surface area contributed by atoms with Gasteiger partial charge in [-0.05, 0) is 25.7 Å². The quantitative estimate of drug-likeness (QED) is 0.730. The van der Waals surface area contributed by atoms with Crippen molar-refractivity contribution in [2.24, 2.45) is 5.92 Å². The van der Waals surface area contributed by atoms with Crippen LogP contribution in [-0.2, 0) is 27.2 Å². The molecule has 0 aliphatic carbocycles. The lowest BCUT2D eigenvalue weighted by atomic mass is 9.94. The number of aromatic nitrogens is 2. The molecule has 1 aliphatic heterocycles. The first kappa shape index (κ1) is 17.9. The Bertz CT molecular complexity index is 501. The van der Waals surface area contributed by atoms with Crippen molar-refractivity contribution in [1.82, 2.24) is 14.5 Å². The molecule has 6 nitrogen and oxygen atoms in total. The summed E-state index contributed by atoms with van der Waals surface area (Å²) in [5, 5.41) is 0. The molecule has 2 rings (SSSR count). The molecule has 2 heterocycles. The zero-order chi connectivity index (χ0) is 16.7. The molecule has 1 amide bonds. The Morgan fingerprint density at radius 3 is 2.87 bits per heavy atom. The van der Waals surface area contributed by atoms with Gasteiger partial charge in [0.25, 0.3) is 0 Å². The van der Waals surface area contributed by atoms with Gasteiger partial charge in [-0.3, -0.25) is 4.79 Å². The number of ether oxygens (including phenoxy) is 2. The predicted octanol–water partition coefficient (Wildman–Crippen LogP) is 1.66. The number of hydrogen-bond donors (Lipinski definition) is 0. The minimum absolute atomic E-state index is 0.204. The number of likely N-dealkylation sites (tertiary alicyclic amines) is 1. The average Bonchev–Trinajstić information content (AvgIpc) is 2.90. The third kappa shape index (κ3) is 5.04. The summed E-state index contributed by atoms with van der Waals surface area (Å²) in [4.78, 5) is 18.7. The van der Waals surface area contributed by atoms with E-state index in [0.717, 1.165) is 44.7 Å². The van der Waals surface area contributed by atoms with E-state index in [-0.39, 0.29) is 5.91 Å². The number of carbonyl (C=O) groups is 1. The summed E-state index contributed by atoms with van der Waals surface area (Å²) in [6.45, 7) is 5.81. The van der Waals surface area contributed by atoms with Crippen molar-refractivity contribution in [3.8, 4) is 0 Å². The van der Waals surface area contributed by atoms with Gasteiger partial charge in [-0.1, -0.05) is 0 Å². The smallest absolute Gasteiger partial charge is 0.224 e. The van der Waals surface area contributed by atoms with Gasteiger partial charge in [-0.15, -0.1) is 0 Å². The first-order valence-electron chi connectivity index (χ1n) is 8.42. The van der Waals surface area contributed by atoms with Crippen molar-refractivity contribution in [3.63, 3.8) is 0 Å². The van der Waals surface area contributed by atoms with Crippen LogP contribution in [0.1, 0.15) is 30.8 Å². The minimum Gasteiger partial charge on any atom is -0.384 e. The molecule has 1 atom stereocenters. The number of methoxy groups -OCH3 is 2. The van der Waals surface area contributed by atoms with Crippen molar-refractivity contribution < 1.29 is 14.3 Å². The van der Waals surface area contributed by atoms with Crippen molar-refractivity contribution in [1.29, 1.82) is 0 Å². The number of hydrogen-bond acceptors (Lipinski definition) is 4. The van der Waals surface area contributed by atoms with Crippen LogP contribution in [0.25, 0.3) is 0 Å². The predicted molar refractivity (Wildman–Crippen MR) is 88.3 cm³/mol. The summed E-state index contributed by atoms with van der Waals surface area (Å²) < 4.78 is 12.4. The first-order valence-corrected chi connectivity index (χ1v) is 8.42. The molecule has 130 valence electrons. The highest BCUT2D eigenvalue weighted by molar-refractivity contribution is 5.76. The van der Waals surface area contributed by atoms with Crippen LogP contribution in [0.4, 0.5) is 0 Å². The average molecular weight is 323 g/mol. The van der Waals surface area contributed by atoms with Gasteiger partial charge in [0.15, 0.2) is 0 Å². The van der Waals surface area contributed by atoms with Gasteiger partial charge in [0.05, 0.1) is 19.6 Å². The summed E-state index contributed by atoms with van der Waals surface area (Å²) >= 11 is 0. The molecule has 0 aromatic carbocycles. The van der Waals surface area contributed by atoms with Crippen LogP contribution in [0.3, 0.4) is 0 Å². The SMILES string of the molecule is COCCC(=O)N1CCCC(Cc2ncc(C)n2CCOC)C1. The summed E-state index contributed by atoms with van der Waals surface area (Å²) in [5.74, 6) is 1.80. The standard InChI is InChI=1S/C17H29N3O3/c1-14-12-18-16(20(14)8-10-23-3)11-15-5-4-7-19(13-15)17(21)6-9-22-2/h12,15H,4-11,13H2,1-3H3. The highest BCUT2D eigenvalue weighted by atomic mass is 16.5. The van der Waals surface area contributed by atoms with E-state index in [1.54, 1.807) is 14.2 Å².